The van der Waals surface area contributed by atoms with E-state index in [1.807, 2.05) is 12.1 Å². The number of nitrogens with zero attached hydrogens (tertiary/aromatic N) is 1. The third-order valence-corrected chi connectivity index (χ3v) is 4.31. The fraction of sp³-hybridized carbons (Fsp3) is 0.625. The van der Waals surface area contributed by atoms with Crippen molar-refractivity contribution in [2.45, 2.75) is 38.8 Å². The minimum absolute atomic E-state index is 0.327. The summed E-state index contributed by atoms with van der Waals surface area (Å²) in [6.45, 7) is 6.49. The number of rotatable bonds is 4. The number of benzene rings is 1. The lowest BCUT2D eigenvalue weighted by Crippen LogP contribution is -2.44. The van der Waals surface area contributed by atoms with Crippen LogP contribution < -0.4 is 10.5 Å². The molecule has 0 radical (unpaired) electrons. The molecule has 106 valence electrons. The number of likely N-dealkylation sites (tertiary alicyclic amines) is 1. The van der Waals surface area contributed by atoms with Crippen molar-refractivity contribution in [1.29, 1.82) is 0 Å². The van der Waals surface area contributed by atoms with Crippen molar-refractivity contribution in [1.82, 2.24) is 4.90 Å². The van der Waals surface area contributed by atoms with Crippen molar-refractivity contribution in [3.8, 4) is 5.75 Å². The molecule has 0 spiro atoms. The van der Waals surface area contributed by atoms with Gasteiger partial charge in [-0.25, -0.2) is 0 Å². The summed E-state index contributed by atoms with van der Waals surface area (Å²) in [6, 6.07) is 9.26. The summed E-state index contributed by atoms with van der Waals surface area (Å²) >= 11 is 0. The zero-order valence-electron chi connectivity index (χ0n) is 12.3. The van der Waals surface area contributed by atoms with Crippen LogP contribution in [0, 0.1) is 5.92 Å². The van der Waals surface area contributed by atoms with Crippen LogP contribution in [0.3, 0.4) is 0 Å². The van der Waals surface area contributed by atoms with Crippen molar-refractivity contribution in [3.63, 3.8) is 0 Å². The van der Waals surface area contributed by atoms with Gasteiger partial charge >= 0.3 is 0 Å². The Morgan fingerprint density at radius 2 is 2.00 bits per heavy atom. The average Bonchev–Trinajstić information content (AvgIpc) is 2.42. The van der Waals surface area contributed by atoms with E-state index in [0.29, 0.717) is 18.6 Å². The summed E-state index contributed by atoms with van der Waals surface area (Å²) in [5.41, 5.74) is 7.33. The molecule has 0 amide bonds. The first-order chi connectivity index (χ1) is 9.15. The quantitative estimate of drug-likeness (QED) is 0.907. The molecule has 3 nitrogen and oxygen atoms in total. The Labute approximate surface area is 116 Å². The number of nitrogens with two attached hydrogens (primary N) is 1. The lowest BCUT2D eigenvalue weighted by molar-refractivity contribution is 0.0847. The van der Waals surface area contributed by atoms with Gasteiger partial charge in [0.15, 0.2) is 0 Å². The fourth-order valence-electron chi connectivity index (χ4n) is 3.18. The van der Waals surface area contributed by atoms with Gasteiger partial charge in [0.05, 0.1) is 7.11 Å². The normalized spacial score (nSPS) is 26.1. The van der Waals surface area contributed by atoms with E-state index in [4.69, 9.17) is 10.5 Å². The van der Waals surface area contributed by atoms with E-state index in [1.165, 1.54) is 18.4 Å². The summed E-state index contributed by atoms with van der Waals surface area (Å²) in [7, 11) is 1.70. The maximum Gasteiger partial charge on any atom is 0.118 e. The zero-order chi connectivity index (χ0) is 13.8. The van der Waals surface area contributed by atoms with Gasteiger partial charge in [0, 0.05) is 18.6 Å². The van der Waals surface area contributed by atoms with Crippen LogP contribution in [-0.2, 0) is 0 Å². The molecule has 2 rings (SSSR count). The van der Waals surface area contributed by atoms with Crippen LogP contribution in [-0.4, -0.2) is 31.1 Å². The minimum Gasteiger partial charge on any atom is -0.497 e. The van der Waals surface area contributed by atoms with E-state index in [2.05, 4.69) is 30.9 Å². The highest BCUT2D eigenvalue weighted by Gasteiger charge is 2.28. The van der Waals surface area contributed by atoms with E-state index >= 15 is 0 Å². The van der Waals surface area contributed by atoms with Crippen molar-refractivity contribution < 1.29 is 4.74 Å². The van der Waals surface area contributed by atoms with Crippen molar-refractivity contribution in [3.05, 3.63) is 29.8 Å². The Hall–Kier alpha value is -1.06. The largest absolute Gasteiger partial charge is 0.497 e. The SMILES string of the molecule is COc1ccc(C(CN)N2CCC(C)CC2C)cc1. The second-order valence-electron chi connectivity index (χ2n) is 5.74. The summed E-state index contributed by atoms with van der Waals surface area (Å²) in [5.74, 6) is 1.74. The molecule has 3 heteroatoms. The number of methoxy groups -OCH3 is 1. The molecule has 1 aromatic carbocycles. The topological polar surface area (TPSA) is 38.5 Å². The maximum atomic E-state index is 6.03. The highest BCUT2D eigenvalue weighted by Crippen LogP contribution is 2.30. The minimum atomic E-state index is 0.327. The molecule has 19 heavy (non-hydrogen) atoms. The molecule has 2 N–H and O–H groups in total. The van der Waals surface area contributed by atoms with Crippen molar-refractivity contribution >= 4 is 0 Å². The van der Waals surface area contributed by atoms with E-state index in [1.54, 1.807) is 7.11 Å². The molecule has 1 fully saturated rings. The lowest BCUT2D eigenvalue weighted by atomic mass is 9.90. The van der Waals surface area contributed by atoms with Crippen LogP contribution in [0.1, 0.15) is 38.3 Å². The van der Waals surface area contributed by atoms with Crippen molar-refractivity contribution in [2.24, 2.45) is 11.7 Å². The summed E-state index contributed by atoms with van der Waals surface area (Å²) in [5, 5.41) is 0. The maximum absolute atomic E-state index is 6.03. The fourth-order valence-corrected chi connectivity index (χ4v) is 3.18. The predicted octanol–water partition coefficient (Wildman–Crippen LogP) is 2.82. The molecule has 1 saturated heterocycles. The average molecular weight is 262 g/mol. The second-order valence-corrected chi connectivity index (χ2v) is 5.74. The molecular formula is C16H26N2O. The van der Waals surface area contributed by atoms with Gasteiger partial charge in [0.25, 0.3) is 0 Å². The van der Waals surface area contributed by atoms with E-state index in [0.717, 1.165) is 18.2 Å². The number of hydrogen-bond acceptors (Lipinski definition) is 3. The molecule has 0 bridgehead atoms. The molecule has 3 atom stereocenters. The molecule has 0 aliphatic carbocycles. The van der Waals surface area contributed by atoms with E-state index < -0.39 is 0 Å². The van der Waals surface area contributed by atoms with Gasteiger partial charge in [-0.05, 0) is 49.9 Å². The van der Waals surface area contributed by atoms with Gasteiger partial charge in [-0.3, -0.25) is 4.90 Å². The summed E-state index contributed by atoms with van der Waals surface area (Å²) < 4.78 is 5.22. The van der Waals surface area contributed by atoms with Gasteiger partial charge in [0.1, 0.15) is 5.75 Å². The third-order valence-electron chi connectivity index (χ3n) is 4.31. The summed E-state index contributed by atoms with van der Waals surface area (Å²) in [6.07, 6.45) is 2.55. The Morgan fingerprint density at radius 1 is 1.32 bits per heavy atom. The molecule has 3 unspecified atom stereocenters. The Kier molecular flexibility index (Phi) is 4.83. The number of piperidine rings is 1. The monoisotopic (exact) mass is 262 g/mol. The van der Waals surface area contributed by atoms with Gasteiger partial charge in [-0.2, -0.15) is 0 Å². The predicted molar refractivity (Wildman–Crippen MR) is 79.4 cm³/mol. The zero-order valence-corrected chi connectivity index (χ0v) is 12.3. The summed E-state index contributed by atoms with van der Waals surface area (Å²) in [4.78, 5) is 2.56. The smallest absolute Gasteiger partial charge is 0.118 e. The van der Waals surface area contributed by atoms with Gasteiger partial charge < -0.3 is 10.5 Å². The lowest BCUT2D eigenvalue weighted by Gasteiger charge is -2.41. The second kappa shape index (κ2) is 6.40. The van der Waals surface area contributed by atoms with Crippen LogP contribution in [0.4, 0.5) is 0 Å². The first kappa shape index (κ1) is 14.4. The van der Waals surface area contributed by atoms with Gasteiger partial charge in [-0.15, -0.1) is 0 Å². The van der Waals surface area contributed by atoms with Gasteiger partial charge in [0.2, 0.25) is 0 Å². The van der Waals surface area contributed by atoms with Crippen LogP contribution in [0.2, 0.25) is 0 Å². The Morgan fingerprint density at radius 3 is 2.53 bits per heavy atom. The molecule has 1 aromatic rings. The van der Waals surface area contributed by atoms with Crippen LogP contribution in [0.5, 0.6) is 5.75 Å². The van der Waals surface area contributed by atoms with E-state index in [-0.39, 0.29) is 0 Å². The van der Waals surface area contributed by atoms with Crippen LogP contribution >= 0.6 is 0 Å². The molecule has 1 aliphatic rings. The van der Waals surface area contributed by atoms with E-state index in [9.17, 15) is 0 Å². The van der Waals surface area contributed by atoms with Crippen LogP contribution in [0.25, 0.3) is 0 Å². The van der Waals surface area contributed by atoms with Crippen molar-refractivity contribution in [2.75, 3.05) is 20.2 Å². The third kappa shape index (κ3) is 3.28. The Bertz CT molecular complexity index is 390. The number of hydrogen-bond donors (Lipinski definition) is 1. The highest BCUT2D eigenvalue weighted by atomic mass is 16.5. The molecule has 0 saturated carbocycles. The van der Waals surface area contributed by atoms with Crippen LogP contribution in [0.15, 0.2) is 24.3 Å². The highest BCUT2D eigenvalue weighted by molar-refractivity contribution is 5.29. The molecule has 1 aliphatic heterocycles. The van der Waals surface area contributed by atoms with Gasteiger partial charge in [-0.1, -0.05) is 19.1 Å². The molecule has 1 heterocycles. The first-order valence-corrected chi connectivity index (χ1v) is 7.25. The first-order valence-electron chi connectivity index (χ1n) is 7.25. The molecule has 0 aromatic heterocycles. The standard InChI is InChI=1S/C16H26N2O/c1-12-8-9-18(13(2)10-12)16(11-17)14-4-6-15(19-3)7-5-14/h4-7,12-13,16H,8-11,17H2,1-3H3. The molecular weight excluding hydrogens is 236 g/mol. The number of ether oxygens (including phenoxy) is 1. The Balaban J connectivity index is 2.14.